The zero-order chi connectivity index (χ0) is 22.2. The van der Waals surface area contributed by atoms with Crippen molar-refractivity contribution in [1.82, 2.24) is 24.9 Å². The molecule has 1 saturated heterocycles. The summed E-state index contributed by atoms with van der Waals surface area (Å²) in [6.45, 7) is 8.23. The number of aliphatic imine (C=N–C) groups is 1. The quantitative estimate of drug-likeness (QED) is 0.504. The van der Waals surface area contributed by atoms with Crippen LogP contribution in [0, 0.1) is 6.92 Å². The molecule has 0 aliphatic carbocycles. The number of rotatable bonds is 8. The first-order valence-electron chi connectivity index (χ1n) is 10.5. The summed E-state index contributed by atoms with van der Waals surface area (Å²) in [4.78, 5) is 9.19. The molecule has 2 aromatic rings. The molecule has 1 N–H and O–H groups in total. The first-order chi connectivity index (χ1) is 15.1. The zero-order valence-corrected chi connectivity index (χ0v) is 19.2. The molecule has 0 amide bonds. The summed E-state index contributed by atoms with van der Waals surface area (Å²) in [5, 5.41) is 7.78. The second kappa shape index (κ2) is 10.9. The number of ether oxygens (including phenoxy) is 3. The largest absolute Gasteiger partial charge is 0.493 e. The van der Waals surface area contributed by atoms with E-state index < -0.39 is 0 Å². The van der Waals surface area contributed by atoms with Gasteiger partial charge in [0.05, 0.1) is 34.1 Å². The Kier molecular flexibility index (Phi) is 8.00. The number of aryl methyl sites for hydroxylation is 1. The molecule has 3 rings (SSSR count). The topological polar surface area (TPSA) is 76.4 Å². The Hall–Kier alpha value is -2.94. The van der Waals surface area contributed by atoms with Crippen molar-refractivity contribution >= 4 is 5.96 Å². The minimum Gasteiger partial charge on any atom is -0.493 e. The first-order valence-corrected chi connectivity index (χ1v) is 10.5. The molecule has 31 heavy (non-hydrogen) atoms. The molecule has 1 aromatic heterocycles. The summed E-state index contributed by atoms with van der Waals surface area (Å²) >= 11 is 0. The lowest BCUT2D eigenvalue weighted by Gasteiger charge is -2.36. The average Bonchev–Trinajstić information content (AvgIpc) is 3.21. The van der Waals surface area contributed by atoms with E-state index in [9.17, 15) is 0 Å². The number of nitrogens with zero attached hydrogens (tertiary/aromatic N) is 5. The maximum Gasteiger partial charge on any atom is 0.203 e. The summed E-state index contributed by atoms with van der Waals surface area (Å²) in [6, 6.07) is 4.04. The van der Waals surface area contributed by atoms with Crippen molar-refractivity contribution in [3.63, 3.8) is 0 Å². The van der Waals surface area contributed by atoms with Gasteiger partial charge in [-0.3, -0.25) is 14.6 Å². The number of aromatic nitrogens is 2. The number of hydrogen-bond acceptors (Lipinski definition) is 6. The molecular formula is C22H34N6O3. The van der Waals surface area contributed by atoms with Crippen LogP contribution < -0.4 is 19.5 Å². The highest BCUT2D eigenvalue weighted by Crippen LogP contribution is 2.38. The summed E-state index contributed by atoms with van der Waals surface area (Å²) in [6.07, 6.45) is 3.93. The van der Waals surface area contributed by atoms with E-state index in [0.717, 1.165) is 57.3 Å². The summed E-state index contributed by atoms with van der Waals surface area (Å²) < 4.78 is 18.3. The number of guanidine groups is 1. The van der Waals surface area contributed by atoms with E-state index in [1.54, 1.807) is 21.3 Å². The Morgan fingerprint density at radius 2 is 1.74 bits per heavy atom. The fourth-order valence-corrected chi connectivity index (χ4v) is 3.81. The minimum absolute atomic E-state index is 0.624. The average molecular weight is 431 g/mol. The highest BCUT2D eigenvalue weighted by molar-refractivity contribution is 5.79. The van der Waals surface area contributed by atoms with E-state index >= 15 is 0 Å². The van der Waals surface area contributed by atoms with Crippen LogP contribution in [0.1, 0.15) is 11.1 Å². The van der Waals surface area contributed by atoms with E-state index in [2.05, 4.69) is 25.2 Å². The fraction of sp³-hybridized carbons (Fsp3) is 0.545. The molecule has 170 valence electrons. The lowest BCUT2D eigenvalue weighted by Crippen LogP contribution is -2.52. The number of hydrogen-bond donors (Lipinski definition) is 1. The van der Waals surface area contributed by atoms with Crippen LogP contribution in [-0.4, -0.2) is 86.6 Å². The molecule has 0 bridgehead atoms. The number of piperazine rings is 1. The Labute approximate surface area is 184 Å². The van der Waals surface area contributed by atoms with Crippen LogP contribution in [0.15, 0.2) is 29.5 Å². The zero-order valence-electron chi connectivity index (χ0n) is 19.2. The maximum atomic E-state index is 5.48. The summed E-state index contributed by atoms with van der Waals surface area (Å²) in [7, 11) is 6.75. The standard InChI is InChI=1S/C22H34N6O3/c1-17-14-25-28(15-17)7-6-24-22(23-2)27-10-8-26(9-11-27)16-18-12-19(29-3)21(31-5)20(13-18)30-4/h12-15H,6-11,16H2,1-5H3,(H,23,24). The monoisotopic (exact) mass is 430 g/mol. The smallest absolute Gasteiger partial charge is 0.203 e. The Morgan fingerprint density at radius 3 is 2.26 bits per heavy atom. The second-order valence-corrected chi connectivity index (χ2v) is 7.55. The third kappa shape index (κ3) is 5.81. The second-order valence-electron chi connectivity index (χ2n) is 7.55. The third-order valence-electron chi connectivity index (χ3n) is 5.40. The number of methoxy groups -OCH3 is 3. The van der Waals surface area contributed by atoms with E-state index in [4.69, 9.17) is 14.2 Å². The SMILES string of the molecule is CN=C(NCCn1cc(C)cn1)N1CCN(Cc2cc(OC)c(OC)c(OC)c2)CC1. The van der Waals surface area contributed by atoms with Crippen molar-refractivity contribution in [1.29, 1.82) is 0 Å². The lowest BCUT2D eigenvalue weighted by molar-refractivity contribution is 0.172. The van der Waals surface area contributed by atoms with Gasteiger partial charge in [-0.2, -0.15) is 5.10 Å². The molecule has 0 atom stereocenters. The van der Waals surface area contributed by atoms with Crippen molar-refractivity contribution in [3.8, 4) is 17.2 Å². The van der Waals surface area contributed by atoms with Gasteiger partial charge in [0, 0.05) is 52.5 Å². The fourth-order valence-electron chi connectivity index (χ4n) is 3.81. The third-order valence-corrected chi connectivity index (χ3v) is 5.40. The molecule has 0 saturated carbocycles. The summed E-state index contributed by atoms with van der Waals surface area (Å²) in [5.41, 5.74) is 2.31. The number of benzene rings is 1. The molecular weight excluding hydrogens is 396 g/mol. The first kappa shape index (κ1) is 22.7. The van der Waals surface area contributed by atoms with Gasteiger partial charge in [-0.05, 0) is 30.2 Å². The van der Waals surface area contributed by atoms with Crippen LogP contribution >= 0.6 is 0 Å². The van der Waals surface area contributed by atoms with Crippen molar-refractivity contribution < 1.29 is 14.2 Å². The highest BCUT2D eigenvalue weighted by atomic mass is 16.5. The maximum absolute atomic E-state index is 5.48. The van der Waals surface area contributed by atoms with Gasteiger partial charge in [0.15, 0.2) is 17.5 Å². The van der Waals surface area contributed by atoms with Crippen LogP contribution in [0.4, 0.5) is 0 Å². The summed E-state index contributed by atoms with van der Waals surface area (Å²) in [5.74, 6) is 2.94. The van der Waals surface area contributed by atoms with Crippen molar-refractivity contribution in [2.75, 3.05) is 61.1 Å². The van der Waals surface area contributed by atoms with E-state index in [0.29, 0.717) is 17.2 Å². The van der Waals surface area contributed by atoms with Crippen LogP contribution in [0.25, 0.3) is 0 Å². The predicted octanol–water partition coefficient (Wildman–Crippen LogP) is 1.61. The highest BCUT2D eigenvalue weighted by Gasteiger charge is 2.21. The van der Waals surface area contributed by atoms with Crippen LogP contribution in [-0.2, 0) is 13.1 Å². The van der Waals surface area contributed by atoms with Gasteiger partial charge < -0.3 is 24.4 Å². The minimum atomic E-state index is 0.624. The molecule has 0 radical (unpaired) electrons. The van der Waals surface area contributed by atoms with Gasteiger partial charge in [0.25, 0.3) is 0 Å². The van der Waals surface area contributed by atoms with Gasteiger partial charge in [0.2, 0.25) is 5.75 Å². The van der Waals surface area contributed by atoms with Gasteiger partial charge >= 0.3 is 0 Å². The molecule has 0 unspecified atom stereocenters. The van der Waals surface area contributed by atoms with Crippen molar-refractivity contribution in [3.05, 3.63) is 35.7 Å². The Balaban J connectivity index is 1.51. The van der Waals surface area contributed by atoms with Crippen LogP contribution in [0.3, 0.4) is 0 Å². The van der Waals surface area contributed by atoms with Crippen molar-refractivity contribution in [2.24, 2.45) is 4.99 Å². The molecule has 9 nitrogen and oxygen atoms in total. The lowest BCUT2D eigenvalue weighted by atomic mass is 10.1. The van der Waals surface area contributed by atoms with Gasteiger partial charge in [-0.1, -0.05) is 0 Å². The Morgan fingerprint density at radius 1 is 1.06 bits per heavy atom. The molecule has 1 aliphatic rings. The molecule has 1 aromatic carbocycles. The van der Waals surface area contributed by atoms with Crippen molar-refractivity contribution in [2.45, 2.75) is 20.0 Å². The van der Waals surface area contributed by atoms with E-state index in [1.165, 1.54) is 5.56 Å². The Bertz CT molecular complexity index is 849. The molecule has 9 heteroatoms. The molecule has 0 spiro atoms. The van der Waals surface area contributed by atoms with Crippen LogP contribution in [0.2, 0.25) is 0 Å². The van der Waals surface area contributed by atoms with Crippen LogP contribution in [0.5, 0.6) is 17.2 Å². The van der Waals surface area contributed by atoms with Gasteiger partial charge in [-0.25, -0.2) is 0 Å². The number of nitrogens with one attached hydrogen (secondary N) is 1. The predicted molar refractivity (Wildman–Crippen MR) is 121 cm³/mol. The van der Waals surface area contributed by atoms with Gasteiger partial charge in [0.1, 0.15) is 0 Å². The van der Waals surface area contributed by atoms with E-state index in [-0.39, 0.29) is 0 Å². The van der Waals surface area contributed by atoms with Gasteiger partial charge in [-0.15, -0.1) is 0 Å². The molecule has 1 aliphatic heterocycles. The normalized spacial score (nSPS) is 15.1. The molecule has 1 fully saturated rings. The molecule has 2 heterocycles. The van der Waals surface area contributed by atoms with E-state index in [1.807, 2.05) is 43.2 Å².